The normalized spacial score (nSPS) is 13.1. The molecule has 1 aliphatic rings. The molecule has 0 radical (unpaired) electrons. The first-order chi connectivity index (χ1) is 9.74. The van der Waals surface area contributed by atoms with Gasteiger partial charge in [-0.2, -0.15) is 5.10 Å². The largest absolute Gasteiger partial charge is 0.496 e. The third kappa shape index (κ3) is 1.99. The minimum Gasteiger partial charge on any atom is -0.496 e. The summed E-state index contributed by atoms with van der Waals surface area (Å²) in [6.45, 7) is 5.89. The van der Waals surface area contributed by atoms with Crippen molar-refractivity contribution < 1.29 is 4.74 Å². The van der Waals surface area contributed by atoms with Crippen molar-refractivity contribution in [1.82, 2.24) is 10.2 Å². The van der Waals surface area contributed by atoms with Gasteiger partial charge in [0.05, 0.1) is 12.8 Å². The maximum Gasteiger partial charge on any atom is 0.128 e. The molecule has 0 aliphatic heterocycles. The van der Waals surface area contributed by atoms with Crippen LogP contribution in [0.1, 0.15) is 28.8 Å². The second-order valence-electron chi connectivity index (χ2n) is 5.15. The van der Waals surface area contributed by atoms with Gasteiger partial charge in [0.25, 0.3) is 0 Å². The van der Waals surface area contributed by atoms with Crippen molar-refractivity contribution in [3.05, 3.63) is 47.2 Å². The second kappa shape index (κ2) is 5.08. The molecule has 0 bridgehead atoms. The molecule has 0 spiro atoms. The summed E-state index contributed by atoms with van der Waals surface area (Å²) < 4.78 is 5.51. The van der Waals surface area contributed by atoms with E-state index in [0.717, 1.165) is 42.0 Å². The third-order valence-electron chi connectivity index (χ3n) is 3.88. The number of aryl methyl sites for hydroxylation is 1. The fraction of sp³-hybridized carbons (Fsp3) is 0.294. The summed E-state index contributed by atoms with van der Waals surface area (Å²) >= 11 is 0. The quantitative estimate of drug-likeness (QED) is 0.851. The predicted octanol–water partition coefficient (Wildman–Crippen LogP) is 3.59. The number of aromatic nitrogens is 2. The van der Waals surface area contributed by atoms with Gasteiger partial charge in [-0.15, -0.1) is 5.10 Å². The van der Waals surface area contributed by atoms with Gasteiger partial charge in [-0.05, 0) is 61.1 Å². The smallest absolute Gasteiger partial charge is 0.128 e. The van der Waals surface area contributed by atoms with Gasteiger partial charge in [-0.25, -0.2) is 0 Å². The zero-order chi connectivity index (χ0) is 14.1. The molecule has 3 rings (SSSR count). The van der Waals surface area contributed by atoms with Crippen molar-refractivity contribution in [2.24, 2.45) is 0 Å². The molecule has 1 aromatic carbocycles. The molecule has 0 saturated carbocycles. The Kier molecular flexibility index (Phi) is 3.26. The Hall–Kier alpha value is -2.16. The van der Waals surface area contributed by atoms with E-state index in [4.69, 9.17) is 4.74 Å². The number of fused-ring (bicyclic) bond motifs is 1. The van der Waals surface area contributed by atoms with E-state index in [-0.39, 0.29) is 0 Å². The minimum absolute atomic E-state index is 0.861. The summed E-state index contributed by atoms with van der Waals surface area (Å²) in [5.41, 5.74) is 6.69. The molecule has 0 atom stereocenters. The molecule has 3 nitrogen and oxygen atoms in total. The first kappa shape index (κ1) is 12.9. The van der Waals surface area contributed by atoms with Crippen LogP contribution in [0.5, 0.6) is 5.75 Å². The Morgan fingerprint density at radius 2 is 2.00 bits per heavy atom. The highest BCUT2D eigenvalue weighted by atomic mass is 16.5. The fourth-order valence-electron chi connectivity index (χ4n) is 2.89. The van der Waals surface area contributed by atoms with E-state index in [1.54, 1.807) is 13.2 Å². The molecular weight excluding hydrogens is 248 g/mol. The van der Waals surface area contributed by atoms with E-state index < -0.39 is 0 Å². The molecule has 0 fully saturated rings. The van der Waals surface area contributed by atoms with E-state index in [2.05, 4.69) is 35.8 Å². The Labute approximate surface area is 119 Å². The van der Waals surface area contributed by atoms with E-state index >= 15 is 0 Å². The molecule has 1 heterocycles. The monoisotopic (exact) mass is 266 g/mol. The number of ether oxygens (including phenoxy) is 1. The van der Waals surface area contributed by atoms with Gasteiger partial charge < -0.3 is 4.74 Å². The van der Waals surface area contributed by atoms with Crippen molar-refractivity contribution in [2.45, 2.75) is 26.2 Å². The van der Waals surface area contributed by atoms with Crippen molar-refractivity contribution in [3.63, 3.8) is 0 Å². The van der Waals surface area contributed by atoms with Gasteiger partial charge in [-0.1, -0.05) is 12.6 Å². The lowest BCUT2D eigenvalue weighted by Gasteiger charge is -2.12. The van der Waals surface area contributed by atoms with Gasteiger partial charge >= 0.3 is 0 Å². The molecule has 0 saturated heterocycles. The summed E-state index contributed by atoms with van der Waals surface area (Å²) in [5.74, 6) is 0.861. The molecule has 3 heteroatoms. The molecule has 102 valence electrons. The van der Waals surface area contributed by atoms with E-state index in [1.807, 2.05) is 6.07 Å². The van der Waals surface area contributed by atoms with Crippen LogP contribution in [0, 0.1) is 6.92 Å². The van der Waals surface area contributed by atoms with E-state index in [1.165, 1.54) is 16.7 Å². The molecule has 1 aliphatic carbocycles. The van der Waals surface area contributed by atoms with Crippen LogP contribution >= 0.6 is 0 Å². The van der Waals surface area contributed by atoms with Crippen LogP contribution in [0.3, 0.4) is 0 Å². The average Bonchev–Trinajstić information content (AvgIpc) is 2.96. The lowest BCUT2D eigenvalue weighted by atomic mass is 10.0. The van der Waals surface area contributed by atoms with Crippen LogP contribution in [0.4, 0.5) is 0 Å². The van der Waals surface area contributed by atoms with E-state index in [0.29, 0.717) is 0 Å². The van der Waals surface area contributed by atoms with E-state index in [9.17, 15) is 0 Å². The van der Waals surface area contributed by atoms with Crippen LogP contribution in [-0.4, -0.2) is 17.3 Å². The highest BCUT2D eigenvalue weighted by molar-refractivity contribution is 5.73. The molecule has 20 heavy (non-hydrogen) atoms. The molecule has 1 aromatic heterocycles. The standard InChI is InChI=1S/C17H18N2O/c1-4-15-12-6-5-7-13(12)17(19-18-15)14-9-8-11(2)10-16(14)20-3/h4,8-10H,1,5-7H2,2-3H3. The number of hydrogen-bond donors (Lipinski definition) is 0. The summed E-state index contributed by atoms with van der Waals surface area (Å²) in [6, 6.07) is 6.20. The molecule has 2 aromatic rings. The van der Waals surface area contributed by atoms with Gasteiger partial charge in [0.15, 0.2) is 0 Å². The molecule has 0 unspecified atom stereocenters. The number of benzene rings is 1. The predicted molar refractivity (Wildman–Crippen MR) is 80.9 cm³/mol. The molecular formula is C17H18N2O. The summed E-state index contributed by atoms with van der Waals surface area (Å²) in [7, 11) is 1.70. The first-order valence-electron chi connectivity index (χ1n) is 6.90. The average molecular weight is 266 g/mol. The Morgan fingerprint density at radius 1 is 1.20 bits per heavy atom. The number of rotatable bonds is 3. The van der Waals surface area contributed by atoms with Gasteiger partial charge in [-0.3, -0.25) is 0 Å². The highest BCUT2D eigenvalue weighted by Crippen LogP contribution is 2.36. The summed E-state index contributed by atoms with van der Waals surface area (Å²) in [5, 5.41) is 8.75. The SMILES string of the molecule is C=Cc1nnc(-c2ccc(C)cc2OC)c2c1CCC2. The van der Waals surface area contributed by atoms with Crippen molar-refractivity contribution >= 4 is 6.08 Å². The van der Waals surface area contributed by atoms with Crippen molar-refractivity contribution in [2.75, 3.05) is 7.11 Å². The van der Waals surface area contributed by atoms with Crippen LogP contribution in [-0.2, 0) is 12.8 Å². The maximum absolute atomic E-state index is 5.51. The van der Waals surface area contributed by atoms with Crippen molar-refractivity contribution in [1.29, 1.82) is 0 Å². The number of hydrogen-bond acceptors (Lipinski definition) is 3. The van der Waals surface area contributed by atoms with Gasteiger partial charge in [0.1, 0.15) is 11.4 Å². The molecule has 0 N–H and O–H groups in total. The lowest BCUT2D eigenvalue weighted by molar-refractivity contribution is 0.416. The van der Waals surface area contributed by atoms with Crippen LogP contribution in [0.15, 0.2) is 24.8 Å². The van der Waals surface area contributed by atoms with Crippen LogP contribution in [0.25, 0.3) is 17.3 Å². The topological polar surface area (TPSA) is 35.0 Å². The Morgan fingerprint density at radius 3 is 2.75 bits per heavy atom. The Balaban J connectivity index is 2.21. The third-order valence-corrected chi connectivity index (χ3v) is 3.88. The van der Waals surface area contributed by atoms with Crippen LogP contribution in [0.2, 0.25) is 0 Å². The van der Waals surface area contributed by atoms with Crippen LogP contribution < -0.4 is 4.74 Å². The number of methoxy groups -OCH3 is 1. The molecule has 0 amide bonds. The van der Waals surface area contributed by atoms with Gasteiger partial charge in [0.2, 0.25) is 0 Å². The van der Waals surface area contributed by atoms with Gasteiger partial charge in [0, 0.05) is 5.56 Å². The highest BCUT2D eigenvalue weighted by Gasteiger charge is 2.22. The first-order valence-corrected chi connectivity index (χ1v) is 6.90. The minimum atomic E-state index is 0.861. The van der Waals surface area contributed by atoms with Crippen molar-refractivity contribution in [3.8, 4) is 17.0 Å². The zero-order valence-electron chi connectivity index (χ0n) is 11.9. The summed E-state index contributed by atoms with van der Waals surface area (Å²) in [6.07, 6.45) is 5.07. The Bertz CT molecular complexity index is 677. The maximum atomic E-state index is 5.51. The fourth-order valence-corrected chi connectivity index (χ4v) is 2.89. The number of nitrogens with zero attached hydrogens (tertiary/aromatic N) is 2. The summed E-state index contributed by atoms with van der Waals surface area (Å²) in [4.78, 5) is 0. The zero-order valence-corrected chi connectivity index (χ0v) is 11.9. The lowest BCUT2D eigenvalue weighted by Crippen LogP contribution is -2.01. The second-order valence-corrected chi connectivity index (χ2v) is 5.15.